The van der Waals surface area contributed by atoms with Crippen LogP contribution in [0.2, 0.25) is 0 Å². The predicted molar refractivity (Wildman–Crippen MR) is 68.2 cm³/mol. The van der Waals surface area contributed by atoms with Gasteiger partial charge in [-0.2, -0.15) is 5.10 Å². The number of aryl methyl sites for hydroxylation is 2. The lowest BCUT2D eigenvalue weighted by molar-refractivity contribution is -0.122. The Hall–Kier alpha value is -1.36. The molecule has 18 heavy (non-hydrogen) atoms. The average molecular weight is 251 g/mol. The van der Waals surface area contributed by atoms with Gasteiger partial charge >= 0.3 is 0 Å². The fraction of sp³-hybridized carbons (Fsp3) is 0.692. The van der Waals surface area contributed by atoms with Gasteiger partial charge in [-0.3, -0.25) is 9.89 Å². The van der Waals surface area contributed by atoms with Gasteiger partial charge in [0, 0.05) is 11.3 Å². The van der Waals surface area contributed by atoms with E-state index in [2.05, 4.69) is 15.5 Å². The topological polar surface area (TPSA) is 78.0 Å². The zero-order chi connectivity index (χ0) is 13.1. The van der Waals surface area contributed by atoms with Crippen LogP contribution in [0.15, 0.2) is 0 Å². The number of aromatic amines is 1. The number of hydrogen-bond donors (Lipinski definition) is 3. The predicted octanol–water partition coefficient (Wildman–Crippen LogP) is 0.989. The fourth-order valence-electron chi connectivity index (χ4n) is 2.53. The van der Waals surface area contributed by atoms with Gasteiger partial charge in [-0.1, -0.05) is 12.8 Å². The third-order valence-corrected chi connectivity index (χ3v) is 3.69. The smallest absolute Gasteiger partial charge is 0.224 e. The lowest BCUT2D eigenvalue weighted by atomic mass is 9.92. The minimum absolute atomic E-state index is 0.0337. The van der Waals surface area contributed by atoms with Crippen LogP contribution in [0.25, 0.3) is 0 Å². The third kappa shape index (κ3) is 2.90. The lowest BCUT2D eigenvalue weighted by Gasteiger charge is -2.28. The third-order valence-electron chi connectivity index (χ3n) is 3.69. The van der Waals surface area contributed by atoms with Gasteiger partial charge in [0.1, 0.15) is 0 Å². The quantitative estimate of drug-likeness (QED) is 0.749. The number of carbonyl (C=O) groups is 1. The van der Waals surface area contributed by atoms with E-state index in [1.807, 2.05) is 13.8 Å². The van der Waals surface area contributed by atoms with Crippen molar-refractivity contribution < 1.29 is 9.90 Å². The van der Waals surface area contributed by atoms with E-state index in [1.165, 1.54) is 0 Å². The normalized spacial score (nSPS) is 23.9. The van der Waals surface area contributed by atoms with Crippen molar-refractivity contribution in [3.63, 3.8) is 0 Å². The highest BCUT2D eigenvalue weighted by Crippen LogP contribution is 2.18. The molecule has 2 atom stereocenters. The van der Waals surface area contributed by atoms with Gasteiger partial charge in [0.05, 0.1) is 24.3 Å². The summed E-state index contributed by atoms with van der Waals surface area (Å²) in [5.74, 6) is -0.0337. The first kappa shape index (κ1) is 13.1. The first-order chi connectivity index (χ1) is 8.58. The molecule has 0 spiro atoms. The Morgan fingerprint density at radius 1 is 1.44 bits per heavy atom. The fourth-order valence-corrected chi connectivity index (χ4v) is 2.53. The zero-order valence-electron chi connectivity index (χ0n) is 11.0. The molecule has 3 N–H and O–H groups in total. The Morgan fingerprint density at radius 2 is 2.17 bits per heavy atom. The van der Waals surface area contributed by atoms with E-state index >= 15 is 0 Å². The minimum atomic E-state index is -0.394. The number of aliphatic hydroxyl groups excluding tert-OH is 1. The average Bonchev–Trinajstić information content (AvgIpc) is 2.64. The monoisotopic (exact) mass is 251 g/mol. The molecule has 0 aliphatic heterocycles. The molecular weight excluding hydrogens is 230 g/mol. The van der Waals surface area contributed by atoms with Crippen molar-refractivity contribution in [3.05, 3.63) is 17.0 Å². The van der Waals surface area contributed by atoms with Gasteiger partial charge in [0.2, 0.25) is 5.91 Å². The van der Waals surface area contributed by atoms with E-state index in [9.17, 15) is 9.90 Å². The van der Waals surface area contributed by atoms with Gasteiger partial charge in [0.15, 0.2) is 0 Å². The Balaban J connectivity index is 1.92. The maximum absolute atomic E-state index is 12.0. The van der Waals surface area contributed by atoms with Gasteiger partial charge in [-0.15, -0.1) is 0 Å². The summed E-state index contributed by atoms with van der Waals surface area (Å²) in [6.07, 6.45) is 3.72. The molecule has 1 aromatic heterocycles. The van der Waals surface area contributed by atoms with E-state index in [-0.39, 0.29) is 11.9 Å². The van der Waals surface area contributed by atoms with Crippen LogP contribution < -0.4 is 5.32 Å². The molecule has 1 amide bonds. The highest BCUT2D eigenvalue weighted by atomic mass is 16.3. The summed E-state index contributed by atoms with van der Waals surface area (Å²) in [5, 5.41) is 19.7. The maximum atomic E-state index is 12.0. The lowest BCUT2D eigenvalue weighted by Crippen LogP contribution is -2.45. The molecule has 1 fully saturated rings. The number of nitrogens with zero attached hydrogens (tertiary/aromatic N) is 1. The Labute approximate surface area is 107 Å². The van der Waals surface area contributed by atoms with Crippen LogP contribution in [0.4, 0.5) is 0 Å². The number of H-pyrrole nitrogens is 1. The van der Waals surface area contributed by atoms with Crippen molar-refractivity contribution in [1.29, 1.82) is 0 Å². The van der Waals surface area contributed by atoms with Crippen LogP contribution in [0.5, 0.6) is 0 Å². The van der Waals surface area contributed by atoms with Crippen molar-refractivity contribution in [2.75, 3.05) is 0 Å². The molecule has 2 rings (SSSR count). The molecule has 1 heterocycles. The van der Waals surface area contributed by atoms with E-state index in [1.54, 1.807) is 0 Å². The first-order valence-corrected chi connectivity index (χ1v) is 6.56. The van der Waals surface area contributed by atoms with Gasteiger partial charge < -0.3 is 10.4 Å². The molecule has 0 bridgehead atoms. The van der Waals surface area contributed by atoms with Crippen LogP contribution >= 0.6 is 0 Å². The van der Waals surface area contributed by atoms with E-state index in [0.717, 1.165) is 42.6 Å². The molecule has 0 aromatic carbocycles. The minimum Gasteiger partial charge on any atom is -0.391 e. The second-order valence-corrected chi connectivity index (χ2v) is 5.12. The zero-order valence-corrected chi connectivity index (χ0v) is 11.0. The molecule has 1 aromatic rings. The summed E-state index contributed by atoms with van der Waals surface area (Å²) < 4.78 is 0. The van der Waals surface area contributed by atoms with E-state index in [4.69, 9.17) is 0 Å². The van der Waals surface area contributed by atoms with Crippen molar-refractivity contribution in [3.8, 4) is 0 Å². The van der Waals surface area contributed by atoms with E-state index in [0.29, 0.717) is 6.42 Å². The van der Waals surface area contributed by atoms with Gasteiger partial charge in [0.25, 0.3) is 0 Å². The molecular formula is C13H21N3O2. The number of amides is 1. The van der Waals surface area contributed by atoms with E-state index < -0.39 is 6.10 Å². The van der Waals surface area contributed by atoms with Crippen LogP contribution in [-0.4, -0.2) is 33.4 Å². The summed E-state index contributed by atoms with van der Waals surface area (Å²) in [6, 6.07) is -0.0845. The highest BCUT2D eigenvalue weighted by molar-refractivity contribution is 5.79. The second kappa shape index (κ2) is 5.52. The Bertz CT molecular complexity index is 408. The summed E-state index contributed by atoms with van der Waals surface area (Å²) in [7, 11) is 0. The molecule has 0 radical (unpaired) electrons. The number of aromatic nitrogens is 2. The van der Waals surface area contributed by atoms with Crippen molar-refractivity contribution in [2.24, 2.45) is 0 Å². The molecule has 5 heteroatoms. The summed E-state index contributed by atoms with van der Waals surface area (Å²) in [4.78, 5) is 12.0. The second-order valence-electron chi connectivity index (χ2n) is 5.12. The van der Waals surface area contributed by atoms with Gasteiger partial charge in [-0.25, -0.2) is 0 Å². The van der Waals surface area contributed by atoms with Crippen LogP contribution in [0, 0.1) is 13.8 Å². The molecule has 1 aliphatic rings. The number of carbonyl (C=O) groups excluding carboxylic acids is 1. The standard InChI is InChI=1S/C13H21N3O2/c1-8-10(9(2)16-15-8)7-13(18)14-11-5-3-4-6-12(11)17/h11-12,17H,3-7H2,1-2H3,(H,14,18)(H,15,16). The van der Waals surface area contributed by atoms with Crippen molar-refractivity contribution in [1.82, 2.24) is 15.5 Å². The highest BCUT2D eigenvalue weighted by Gasteiger charge is 2.24. The van der Waals surface area contributed by atoms with Crippen LogP contribution in [-0.2, 0) is 11.2 Å². The molecule has 0 saturated heterocycles. The first-order valence-electron chi connectivity index (χ1n) is 6.56. The maximum Gasteiger partial charge on any atom is 0.224 e. The number of nitrogens with one attached hydrogen (secondary N) is 2. The number of rotatable bonds is 3. The molecule has 2 unspecified atom stereocenters. The largest absolute Gasteiger partial charge is 0.391 e. The molecule has 1 aliphatic carbocycles. The molecule has 100 valence electrons. The number of aliphatic hydroxyl groups is 1. The van der Waals surface area contributed by atoms with Gasteiger partial charge in [-0.05, 0) is 26.7 Å². The van der Waals surface area contributed by atoms with Crippen molar-refractivity contribution >= 4 is 5.91 Å². The Kier molecular flexibility index (Phi) is 4.01. The summed E-state index contributed by atoms with van der Waals surface area (Å²) in [5.41, 5.74) is 2.76. The van der Waals surface area contributed by atoms with Crippen LogP contribution in [0.3, 0.4) is 0 Å². The van der Waals surface area contributed by atoms with Crippen molar-refractivity contribution in [2.45, 2.75) is 58.1 Å². The summed E-state index contributed by atoms with van der Waals surface area (Å²) in [6.45, 7) is 3.81. The SMILES string of the molecule is Cc1n[nH]c(C)c1CC(=O)NC1CCCCC1O. The molecule has 1 saturated carbocycles. The molecule has 5 nitrogen and oxygen atoms in total. The van der Waals surface area contributed by atoms with Crippen LogP contribution in [0.1, 0.15) is 42.6 Å². The Morgan fingerprint density at radius 3 is 2.78 bits per heavy atom. The number of hydrogen-bond acceptors (Lipinski definition) is 3. The summed E-state index contributed by atoms with van der Waals surface area (Å²) >= 11 is 0.